The predicted octanol–water partition coefficient (Wildman–Crippen LogP) is 5.06. The maximum absolute atomic E-state index is 12.9. The number of amides is 3. The maximum atomic E-state index is 12.9. The highest BCUT2D eigenvalue weighted by molar-refractivity contribution is 6.06. The molecule has 1 aliphatic carbocycles. The first kappa shape index (κ1) is 24.0. The molecule has 180 valence electrons. The van der Waals surface area contributed by atoms with Crippen molar-refractivity contribution in [3.05, 3.63) is 83.9 Å². The lowest BCUT2D eigenvalue weighted by molar-refractivity contribution is -0.117. The van der Waals surface area contributed by atoms with E-state index in [1.165, 1.54) is 0 Å². The van der Waals surface area contributed by atoms with Crippen LogP contribution in [0.5, 0.6) is 0 Å². The van der Waals surface area contributed by atoms with E-state index in [2.05, 4.69) is 16.0 Å². The minimum atomic E-state index is -0.208. The van der Waals surface area contributed by atoms with Gasteiger partial charge in [-0.25, -0.2) is 0 Å². The van der Waals surface area contributed by atoms with E-state index in [0.29, 0.717) is 23.5 Å². The monoisotopic (exact) mass is 470 g/mol. The van der Waals surface area contributed by atoms with E-state index < -0.39 is 0 Å². The van der Waals surface area contributed by atoms with E-state index in [4.69, 9.17) is 0 Å². The molecule has 0 atom stereocenters. The van der Waals surface area contributed by atoms with Crippen LogP contribution in [0.2, 0.25) is 0 Å². The lowest BCUT2D eigenvalue weighted by atomic mass is 10.1. The smallest absolute Gasteiger partial charge is 0.258 e. The first-order chi connectivity index (χ1) is 17.0. The second-order valence-electron chi connectivity index (χ2n) is 8.61. The topological polar surface area (TPSA) is 90.5 Å². The van der Waals surface area contributed by atoms with Crippen molar-refractivity contribution in [1.82, 2.24) is 0 Å². The summed E-state index contributed by atoms with van der Waals surface area (Å²) in [7, 11) is 0. The number of carbonyl (C=O) groups is 3. The summed E-state index contributed by atoms with van der Waals surface area (Å²) in [4.78, 5) is 39.3. The molecule has 7 nitrogen and oxygen atoms in total. The minimum absolute atomic E-state index is 0.0333. The molecule has 1 saturated carbocycles. The van der Waals surface area contributed by atoms with E-state index in [-0.39, 0.29) is 30.2 Å². The summed E-state index contributed by atoms with van der Waals surface area (Å²) in [5.41, 5.74) is 4.35. The molecule has 0 unspecified atom stereocenters. The van der Waals surface area contributed by atoms with Gasteiger partial charge in [-0.05, 0) is 80.8 Å². The van der Waals surface area contributed by atoms with Crippen LogP contribution in [0.25, 0.3) is 0 Å². The lowest BCUT2D eigenvalue weighted by Gasteiger charge is -2.21. The third kappa shape index (κ3) is 6.06. The van der Waals surface area contributed by atoms with Gasteiger partial charge < -0.3 is 20.9 Å². The third-order valence-corrected chi connectivity index (χ3v) is 6.03. The molecular formula is C28H30N4O3. The van der Waals surface area contributed by atoms with Gasteiger partial charge in [-0.15, -0.1) is 0 Å². The van der Waals surface area contributed by atoms with Crippen LogP contribution in [0, 0.1) is 12.8 Å². The fourth-order valence-electron chi connectivity index (χ4n) is 3.80. The number of hydrogen-bond donors (Lipinski definition) is 3. The Morgan fingerprint density at radius 3 is 2.14 bits per heavy atom. The standard InChI is InChI=1S/C28H30N4O3/c1-3-32(23-8-5-4-6-9-23)28(35)21-14-16-22(17-15-21)29-18-26(33)30-24-10-7-11-25(19(24)2)31-27(34)20-12-13-20/h4-11,14-17,20,29H,3,12-13,18H2,1-2H3,(H,30,33)(H,31,34). The van der Waals surface area contributed by atoms with Crippen LogP contribution in [-0.2, 0) is 9.59 Å². The summed E-state index contributed by atoms with van der Waals surface area (Å²) in [5, 5.41) is 8.93. The summed E-state index contributed by atoms with van der Waals surface area (Å²) in [5.74, 6) is -0.139. The number of carbonyl (C=O) groups excluding carboxylic acids is 3. The second kappa shape index (κ2) is 10.9. The Labute approximate surface area is 205 Å². The van der Waals surface area contributed by atoms with Crippen LogP contribution in [0.15, 0.2) is 72.8 Å². The molecule has 0 heterocycles. The highest BCUT2D eigenvalue weighted by Crippen LogP contribution is 2.31. The third-order valence-electron chi connectivity index (χ3n) is 6.03. The van der Waals surface area contributed by atoms with Crippen molar-refractivity contribution in [1.29, 1.82) is 0 Å². The van der Waals surface area contributed by atoms with Crippen molar-refractivity contribution in [2.24, 2.45) is 5.92 Å². The van der Waals surface area contributed by atoms with Crippen LogP contribution in [-0.4, -0.2) is 30.8 Å². The zero-order valence-corrected chi connectivity index (χ0v) is 20.0. The van der Waals surface area contributed by atoms with Crippen molar-refractivity contribution in [2.75, 3.05) is 33.9 Å². The van der Waals surface area contributed by atoms with E-state index in [1.54, 1.807) is 29.2 Å². The molecule has 35 heavy (non-hydrogen) atoms. The average Bonchev–Trinajstić information content (AvgIpc) is 3.72. The molecule has 3 aromatic carbocycles. The maximum Gasteiger partial charge on any atom is 0.258 e. The molecule has 0 aromatic heterocycles. The molecule has 0 radical (unpaired) electrons. The van der Waals surface area contributed by atoms with E-state index in [0.717, 1.165) is 29.8 Å². The predicted molar refractivity (Wildman–Crippen MR) is 140 cm³/mol. The molecule has 3 amide bonds. The van der Waals surface area contributed by atoms with Gasteiger partial charge in [0.1, 0.15) is 0 Å². The SMILES string of the molecule is CCN(C(=O)c1ccc(NCC(=O)Nc2cccc(NC(=O)C3CC3)c2C)cc1)c1ccccc1. The summed E-state index contributed by atoms with van der Waals surface area (Å²) in [6.07, 6.45) is 1.87. The van der Waals surface area contributed by atoms with Gasteiger partial charge in [0.25, 0.3) is 5.91 Å². The summed E-state index contributed by atoms with van der Waals surface area (Å²) in [6.45, 7) is 4.44. The van der Waals surface area contributed by atoms with Crippen LogP contribution < -0.4 is 20.9 Å². The molecule has 3 aromatic rings. The molecule has 0 bridgehead atoms. The summed E-state index contributed by atoms with van der Waals surface area (Å²) < 4.78 is 0. The Bertz CT molecular complexity index is 1200. The van der Waals surface area contributed by atoms with Crippen molar-refractivity contribution in [2.45, 2.75) is 26.7 Å². The normalized spacial score (nSPS) is 12.5. The zero-order chi connectivity index (χ0) is 24.8. The second-order valence-corrected chi connectivity index (χ2v) is 8.61. The van der Waals surface area contributed by atoms with Gasteiger partial charge in [0.2, 0.25) is 11.8 Å². The van der Waals surface area contributed by atoms with Crippen LogP contribution in [0.3, 0.4) is 0 Å². The van der Waals surface area contributed by atoms with Gasteiger partial charge in [-0.1, -0.05) is 24.3 Å². The zero-order valence-electron chi connectivity index (χ0n) is 20.0. The molecule has 0 saturated heterocycles. The van der Waals surface area contributed by atoms with Gasteiger partial charge in [0.05, 0.1) is 6.54 Å². The fourth-order valence-corrected chi connectivity index (χ4v) is 3.80. The Kier molecular flexibility index (Phi) is 7.45. The number of anilines is 4. The lowest BCUT2D eigenvalue weighted by Crippen LogP contribution is -2.30. The van der Waals surface area contributed by atoms with Gasteiger partial charge in [-0.3, -0.25) is 14.4 Å². The number of nitrogens with one attached hydrogen (secondary N) is 3. The number of hydrogen-bond acceptors (Lipinski definition) is 4. The Morgan fingerprint density at radius 2 is 1.51 bits per heavy atom. The van der Waals surface area contributed by atoms with Crippen LogP contribution >= 0.6 is 0 Å². The first-order valence-corrected chi connectivity index (χ1v) is 11.9. The molecule has 1 fully saturated rings. The molecule has 7 heteroatoms. The number of para-hydroxylation sites is 1. The Balaban J connectivity index is 1.32. The van der Waals surface area contributed by atoms with Crippen molar-refractivity contribution in [3.63, 3.8) is 0 Å². The van der Waals surface area contributed by atoms with E-state index in [1.807, 2.05) is 62.4 Å². The van der Waals surface area contributed by atoms with Crippen molar-refractivity contribution >= 4 is 40.5 Å². The van der Waals surface area contributed by atoms with Gasteiger partial charge in [-0.2, -0.15) is 0 Å². The van der Waals surface area contributed by atoms with Crippen LogP contribution in [0.4, 0.5) is 22.7 Å². The minimum Gasteiger partial charge on any atom is -0.376 e. The highest BCUT2D eigenvalue weighted by atomic mass is 16.2. The van der Waals surface area contributed by atoms with E-state index >= 15 is 0 Å². The van der Waals surface area contributed by atoms with Crippen LogP contribution in [0.1, 0.15) is 35.7 Å². The van der Waals surface area contributed by atoms with E-state index in [9.17, 15) is 14.4 Å². The quantitative estimate of drug-likeness (QED) is 0.408. The van der Waals surface area contributed by atoms with Gasteiger partial charge in [0, 0.05) is 40.8 Å². The highest BCUT2D eigenvalue weighted by Gasteiger charge is 2.29. The number of rotatable bonds is 9. The summed E-state index contributed by atoms with van der Waals surface area (Å²) >= 11 is 0. The largest absolute Gasteiger partial charge is 0.376 e. The molecule has 4 rings (SSSR count). The Hall–Kier alpha value is -4.13. The van der Waals surface area contributed by atoms with Gasteiger partial charge in [0.15, 0.2) is 0 Å². The number of nitrogens with zero attached hydrogens (tertiary/aromatic N) is 1. The molecular weight excluding hydrogens is 440 g/mol. The molecule has 1 aliphatic rings. The summed E-state index contributed by atoms with van der Waals surface area (Å²) in [6, 6.07) is 22.1. The van der Waals surface area contributed by atoms with Crippen molar-refractivity contribution in [3.8, 4) is 0 Å². The number of benzene rings is 3. The van der Waals surface area contributed by atoms with Crippen molar-refractivity contribution < 1.29 is 14.4 Å². The fraction of sp³-hybridized carbons (Fsp3) is 0.250. The first-order valence-electron chi connectivity index (χ1n) is 11.9. The molecule has 0 spiro atoms. The molecule has 0 aliphatic heterocycles. The average molecular weight is 471 g/mol. The van der Waals surface area contributed by atoms with Gasteiger partial charge >= 0.3 is 0 Å². The Morgan fingerprint density at radius 1 is 0.857 bits per heavy atom. The molecule has 3 N–H and O–H groups in total.